The van der Waals surface area contributed by atoms with Crippen LogP contribution in [-0.4, -0.2) is 32.8 Å². The summed E-state index contributed by atoms with van der Waals surface area (Å²) in [6.07, 6.45) is 0. The smallest absolute Gasteiger partial charge is 0.122 e. The van der Waals surface area contributed by atoms with Crippen LogP contribution >= 0.6 is 0 Å². The van der Waals surface area contributed by atoms with Crippen molar-refractivity contribution in [2.45, 2.75) is 18.4 Å². The van der Waals surface area contributed by atoms with Crippen molar-refractivity contribution in [1.29, 1.82) is 0 Å². The van der Waals surface area contributed by atoms with E-state index in [2.05, 4.69) is 12.2 Å². The largest absolute Gasteiger partial charge is 0.497 e. The van der Waals surface area contributed by atoms with Gasteiger partial charge in [0.2, 0.25) is 0 Å². The lowest BCUT2D eigenvalue weighted by atomic mass is 9.84. The number of hydrogen-bond donors (Lipinski definition) is 2. The lowest BCUT2D eigenvalue weighted by Crippen LogP contribution is -2.42. The van der Waals surface area contributed by atoms with Gasteiger partial charge in [-0.2, -0.15) is 0 Å². The van der Waals surface area contributed by atoms with Gasteiger partial charge in [0.05, 0.1) is 14.2 Å². The maximum atomic E-state index is 6.29. The molecule has 1 aromatic rings. The SMILES string of the molecule is COc1cc(OC)cc([C@H]2CNC[C@]2(C)N)c1. The number of rotatable bonds is 3. The Kier molecular flexibility index (Phi) is 3.26. The van der Waals surface area contributed by atoms with E-state index >= 15 is 0 Å². The second kappa shape index (κ2) is 4.55. The molecule has 4 nitrogen and oxygen atoms in total. The molecular formula is C13H20N2O2. The Balaban J connectivity index is 2.37. The van der Waals surface area contributed by atoms with Gasteiger partial charge in [-0.3, -0.25) is 0 Å². The van der Waals surface area contributed by atoms with E-state index in [9.17, 15) is 0 Å². The molecule has 0 aromatic heterocycles. The molecule has 4 heteroatoms. The van der Waals surface area contributed by atoms with Crippen LogP contribution < -0.4 is 20.5 Å². The Hall–Kier alpha value is -1.26. The lowest BCUT2D eigenvalue weighted by Gasteiger charge is -2.26. The molecule has 0 saturated carbocycles. The zero-order chi connectivity index (χ0) is 12.5. The van der Waals surface area contributed by atoms with Crippen LogP contribution in [0.2, 0.25) is 0 Å². The quantitative estimate of drug-likeness (QED) is 0.825. The first-order valence-electron chi connectivity index (χ1n) is 5.79. The van der Waals surface area contributed by atoms with Gasteiger partial charge in [0.1, 0.15) is 11.5 Å². The van der Waals surface area contributed by atoms with Gasteiger partial charge in [-0.25, -0.2) is 0 Å². The van der Waals surface area contributed by atoms with Crippen molar-refractivity contribution >= 4 is 0 Å². The summed E-state index contributed by atoms with van der Waals surface area (Å²) in [4.78, 5) is 0. The van der Waals surface area contributed by atoms with Gasteiger partial charge >= 0.3 is 0 Å². The number of nitrogens with two attached hydrogens (primary N) is 1. The van der Waals surface area contributed by atoms with Crippen molar-refractivity contribution in [3.05, 3.63) is 23.8 Å². The Labute approximate surface area is 102 Å². The van der Waals surface area contributed by atoms with Crippen molar-refractivity contribution in [1.82, 2.24) is 5.32 Å². The maximum Gasteiger partial charge on any atom is 0.122 e. The minimum Gasteiger partial charge on any atom is -0.497 e. The fourth-order valence-electron chi connectivity index (χ4n) is 2.37. The van der Waals surface area contributed by atoms with Crippen molar-refractivity contribution in [3.8, 4) is 11.5 Å². The third kappa shape index (κ3) is 2.37. The molecule has 17 heavy (non-hydrogen) atoms. The molecule has 2 atom stereocenters. The number of hydrogen-bond acceptors (Lipinski definition) is 4. The summed E-state index contributed by atoms with van der Waals surface area (Å²) >= 11 is 0. The van der Waals surface area contributed by atoms with E-state index in [1.54, 1.807) is 14.2 Å². The fraction of sp³-hybridized carbons (Fsp3) is 0.538. The van der Waals surface area contributed by atoms with Gasteiger partial charge in [-0.15, -0.1) is 0 Å². The van der Waals surface area contributed by atoms with E-state index in [1.807, 2.05) is 18.2 Å². The molecule has 0 unspecified atom stereocenters. The van der Waals surface area contributed by atoms with Crippen LogP contribution in [0.1, 0.15) is 18.4 Å². The van der Waals surface area contributed by atoms with E-state index in [4.69, 9.17) is 15.2 Å². The highest BCUT2D eigenvalue weighted by Gasteiger charge is 2.36. The number of ether oxygens (including phenoxy) is 2. The highest BCUT2D eigenvalue weighted by molar-refractivity contribution is 5.41. The molecule has 1 aliphatic rings. The first kappa shape index (κ1) is 12.2. The molecule has 94 valence electrons. The Morgan fingerprint density at radius 3 is 2.24 bits per heavy atom. The van der Waals surface area contributed by atoms with Crippen LogP contribution in [0.15, 0.2) is 18.2 Å². The summed E-state index contributed by atoms with van der Waals surface area (Å²) < 4.78 is 10.6. The summed E-state index contributed by atoms with van der Waals surface area (Å²) in [6.45, 7) is 3.80. The first-order valence-corrected chi connectivity index (χ1v) is 5.79. The number of methoxy groups -OCH3 is 2. The molecule has 2 rings (SSSR count). The minimum atomic E-state index is -0.225. The second-order valence-corrected chi connectivity index (χ2v) is 4.84. The molecule has 1 aromatic carbocycles. The van der Waals surface area contributed by atoms with Crippen LogP contribution in [0.3, 0.4) is 0 Å². The van der Waals surface area contributed by atoms with E-state index < -0.39 is 0 Å². The normalized spacial score (nSPS) is 28.1. The van der Waals surface area contributed by atoms with E-state index in [-0.39, 0.29) is 11.5 Å². The average molecular weight is 236 g/mol. The molecule has 0 bridgehead atoms. The number of nitrogens with one attached hydrogen (secondary N) is 1. The van der Waals surface area contributed by atoms with Gasteiger partial charge in [0.25, 0.3) is 0 Å². The molecule has 1 heterocycles. The van der Waals surface area contributed by atoms with E-state index in [0.717, 1.165) is 30.2 Å². The highest BCUT2D eigenvalue weighted by Crippen LogP contribution is 2.34. The molecule has 3 N–H and O–H groups in total. The summed E-state index contributed by atoms with van der Waals surface area (Å²) in [6, 6.07) is 5.94. The Morgan fingerprint density at radius 2 is 1.82 bits per heavy atom. The number of benzene rings is 1. The maximum absolute atomic E-state index is 6.29. The van der Waals surface area contributed by atoms with E-state index in [1.165, 1.54) is 0 Å². The van der Waals surface area contributed by atoms with Crippen molar-refractivity contribution < 1.29 is 9.47 Å². The molecule has 0 radical (unpaired) electrons. The summed E-state index contributed by atoms with van der Waals surface area (Å²) in [5.74, 6) is 1.90. The first-order chi connectivity index (χ1) is 8.06. The predicted molar refractivity (Wildman–Crippen MR) is 67.7 cm³/mol. The zero-order valence-corrected chi connectivity index (χ0v) is 10.6. The predicted octanol–water partition coefficient (Wildman–Crippen LogP) is 1.11. The topological polar surface area (TPSA) is 56.5 Å². The molecule has 0 spiro atoms. The Bertz CT molecular complexity index is 382. The van der Waals surface area contributed by atoms with Gasteiger partial charge in [-0.1, -0.05) is 0 Å². The summed E-state index contributed by atoms with van der Waals surface area (Å²) in [5.41, 5.74) is 7.23. The zero-order valence-electron chi connectivity index (χ0n) is 10.6. The molecule has 0 aliphatic carbocycles. The van der Waals surface area contributed by atoms with Crippen molar-refractivity contribution in [3.63, 3.8) is 0 Å². The van der Waals surface area contributed by atoms with Crippen LogP contribution in [-0.2, 0) is 0 Å². The molecule has 1 fully saturated rings. The van der Waals surface area contributed by atoms with Crippen LogP contribution in [0.4, 0.5) is 0 Å². The van der Waals surface area contributed by atoms with Crippen LogP contribution in [0.25, 0.3) is 0 Å². The van der Waals surface area contributed by atoms with Gasteiger partial charge in [-0.05, 0) is 24.6 Å². The van der Waals surface area contributed by atoms with Gasteiger partial charge < -0.3 is 20.5 Å². The second-order valence-electron chi connectivity index (χ2n) is 4.84. The van der Waals surface area contributed by atoms with Crippen molar-refractivity contribution in [2.24, 2.45) is 5.73 Å². The third-order valence-corrected chi connectivity index (χ3v) is 3.43. The molecule has 1 saturated heterocycles. The average Bonchev–Trinajstić information content (AvgIpc) is 2.68. The fourth-order valence-corrected chi connectivity index (χ4v) is 2.37. The molecule has 1 aliphatic heterocycles. The van der Waals surface area contributed by atoms with E-state index in [0.29, 0.717) is 0 Å². The third-order valence-electron chi connectivity index (χ3n) is 3.43. The van der Waals surface area contributed by atoms with Gasteiger partial charge in [0.15, 0.2) is 0 Å². The van der Waals surface area contributed by atoms with Crippen molar-refractivity contribution in [2.75, 3.05) is 27.3 Å². The molecular weight excluding hydrogens is 216 g/mol. The lowest BCUT2D eigenvalue weighted by molar-refractivity contribution is 0.390. The van der Waals surface area contributed by atoms with Crippen LogP contribution in [0, 0.1) is 0 Å². The standard InChI is InChI=1S/C13H20N2O2/c1-13(14)8-15-7-12(13)9-4-10(16-2)6-11(5-9)17-3/h4-6,12,15H,7-8,14H2,1-3H3/t12-,13+/m1/s1. The Morgan fingerprint density at radius 1 is 1.24 bits per heavy atom. The molecule has 0 amide bonds. The monoisotopic (exact) mass is 236 g/mol. The minimum absolute atomic E-state index is 0.225. The highest BCUT2D eigenvalue weighted by atomic mass is 16.5. The summed E-state index contributed by atoms with van der Waals surface area (Å²) in [5, 5.41) is 3.33. The van der Waals surface area contributed by atoms with Gasteiger partial charge in [0, 0.05) is 30.6 Å². The van der Waals surface area contributed by atoms with Crippen LogP contribution in [0.5, 0.6) is 11.5 Å². The summed E-state index contributed by atoms with van der Waals surface area (Å²) in [7, 11) is 3.32.